The van der Waals surface area contributed by atoms with Crippen molar-refractivity contribution in [1.29, 1.82) is 0 Å². The van der Waals surface area contributed by atoms with Gasteiger partial charge in [0, 0.05) is 18.2 Å². The van der Waals surface area contributed by atoms with E-state index in [1.54, 1.807) is 10.7 Å². The van der Waals surface area contributed by atoms with Gasteiger partial charge in [-0.2, -0.15) is 5.10 Å². The molecule has 0 radical (unpaired) electrons. The first-order valence-electron chi connectivity index (χ1n) is 4.99. The van der Waals surface area contributed by atoms with Crippen LogP contribution in [0.25, 0.3) is 0 Å². The number of amides is 1. The van der Waals surface area contributed by atoms with Gasteiger partial charge in [-0.3, -0.25) is 9.48 Å². The number of aromatic nitrogens is 2. The molecule has 0 saturated carbocycles. The molecule has 0 aliphatic carbocycles. The molecular formula is C10H18N4O. The summed E-state index contributed by atoms with van der Waals surface area (Å²) in [6.45, 7) is 8.34. The van der Waals surface area contributed by atoms with E-state index in [0.29, 0.717) is 18.1 Å². The van der Waals surface area contributed by atoms with Gasteiger partial charge < -0.3 is 11.1 Å². The second-order valence-electron chi connectivity index (χ2n) is 4.47. The Bertz CT molecular complexity index is 362. The Morgan fingerprint density at radius 2 is 2.20 bits per heavy atom. The molecule has 84 valence electrons. The van der Waals surface area contributed by atoms with Gasteiger partial charge in [-0.25, -0.2) is 0 Å². The molecule has 15 heavy (non-hydrogen) atoms. The normalized spacial score (nSPS) is 11.5. The number of nitrogens with zero attached hydrogens (tertiary/aromatic N) is 2. The van der Waals surface area contributed by atoms with Gasteiger partial charge in [-0.1, -0.05) is 0 Å². The van der Waals surface area contributed by atoms with Crippen molar-refractivity contribution >= 4 is 11.7 Å². The maximum Gasteiger partial charge on any atom is 0.270 e. The highest BCUT2D eigenvalue weighted by Gasteiger charge is 2.18. The van der Waals surface area contributed by atoms with Crippen molar-refractivity contribution in [2.24, 2.45) is 0 Å². The molecule has 0 fully saturated rings. The first kappa shape index (κ1) is 11.6. The molecule has 1 rings (SSSR count). The van der Waals surface area contributed by atoms with E-state index in [1.165, 1.54) is 0 Å². The number of nitrogens with one attached hydrogen (secondary N) is 1. The van der Waals surface area contributed by atoms with E-state index in [1.807, 2.05) is 27.7 Å². The number of carbonyl (C=O) groups excluding carboxylic acids is 1. The third-order valence-electron chi connectivity index (χ3n) is 1.82. The fourth-order valence-electron chi connectivity index (χ4n) is 1.27. The van der Waals surface area contributed by atoms with Gasteiger partial charge in [-0.15, -0.1) is 0 Å². The number of nitrogen functional groups attached to an aromatic ring is 1. The maximum atomic E-state index is 11.8. The number of hydrogen-bond donors (Lipinski definition) is 2. The third kappa shape index (κ3) is 2.97. The van der Waals surface area contributed by atoms with Gasteiger partial charge in [0.15, 0.2) is 0 Å². The molecule has 0 saturated heterocycles. The fraction of sp³-hybridized carbons (Fsp3) is 0.600. The van der Waals surface area contributed by atoms with Crippen molar-refractivity contribution in [3.8, 4) is 0 Å². The Morgan fingerprint density at radius 1 is 1.60 bits per heavy atom. The summed E-state index contributed by atoms with van der Waals surface area (Å²) in [6, 6.07) is 1.59. The maximum absolute atomic E-state index is 11.8. The molecule has 1 aromatic heterocycles. The summed E-state index contributed by atoms with van der Waals surface area (Å²) in [6.07, 6.45) is 0. The lowest BCUT2D eigenvalue weighted by atomic mass is 10.1. The summed E-state index contributed by atoms with van der Waals surface area (Å²) < 4.78 is 1.59. The largest absolute Gasteiger partial charge is 0.382 e. The number of carbonyl (C=O) groups is 1. The summed E-state index contributed by atoms with van der Waals surface area (Å²) >= 11 is 0. The van der Waals surface area contributed by atoms with Crippen molar-refractivity contribution in [2.75, 3.05) is 5.73 Å². The number of hydrogen-bond acceptors (Lipinski definition) is 3. The smallest absolute Gasteiger partial charge is 0.270 e. The van der Waals surface area contributed by atoms with Crippen molar-refractivity contribution in [1.82, 2.24) is 15.1 Å². The van der Waals surface area contributed by atoms with Gasteiger partial charge in [-0.05, 0) is 27.7 Å². The monoisotopic (exact) mass is 210 g/mol. The van der Waals surface area contributed by atoms with Gasteiger partial charge in [0.1, 0.15) is 11.5 Å². The van der Waals surface area contributed by atoms with Crippen LogP contribution < -0.4 is 11.1 Å². The Balaban J connectivity index is 2.91. The van der Waals surface area contributed by atoms with Crippen molar-refractivity contribution in [3.05, 3.63) is 11.8 Å². The van der Waals surface area contributed by atoms with E-state index in [0.717, 1.165) is 0 Å². The number of rotatable bonds is 2. The van der Waals surface area contributed by atoms with Crippen molar-refractivity contribution < 1.29 is 4.79 Å². The molecule has 5 heteroatoms. The minimum atomic E-state index is -0.255. The zero-order valence-corrected chi connectivity index (χ0v) is 9.66. The number of nitrogens with two attached hydrogens (primary N) is 1. The van der Waals surface area contributed by atoms with Gasteiger partial charge in [0.05, 0.1) is 0 Å². The van der Waals surface area contributed by atoms with Crippen molar-refractivity contribution in [3.63, 3.8) is 0 Å². The van der Waals surface area contributed by atoms with Gasteiger partial charge >= 0.3 is 0 Å². The highest BCUT2D eigenvalue weighted by atomic mass is 16.2. The van der Waals surface area contributed by atoms with Gasteiger partial charge in [0.25, 0.3) is 5.91 Å². The van der Waals surface area contributed by atoms with Crippen LogP contribution in [0.2, 0.25) is 0 Å². The lowest BCUT2D eigenvalue weighted by Gasteiger charge is -2.20. The van der Waals surface area contributed by atoms with Crippen molar-refractivity contribution in [2.45, 2.75) is 39.8 Å². The summed E-state index contributed by atoms with van der Waals surface area (Å²) in [5.41, 5.74) is 5.79. The SMILES string of the molecule is CCn1nc(N)cc1C(=O)NC(C)(C)C. The third-order valence-corrected chi connectivity index (χ3v) is 1.82. The van der Waals surface area contributed by atoms with Crippen LogP contribution in [0.5, 0.6) is 0 Å². The van der Waals surface area contributed by atoms with Crippen LogP contribution in [0.1, 0.15) is 38.2 Å². The quantitative estimate of drug-likeness (QED) is 0.765. The number of aryl methyl sites for hydroxylation is 1. The Kier molecular flexibility index (Phi) is 3.02. The zero-order chi connectivity index (χ0) is 11.6. The van der Waals surface area contributed by atoms with E-state index in [4.69, 9.17) is 5.73 Å². The van der Waals surface area contributed by atoms with E-state index < -0.39 is 0 Å². The van der Waals surface area contributed by atoms with E-state index in [-0.39, 0.29) is 11.4 Å². The molecule has 0 spiro atoms. The predicted octanol–water partition coefficient (Wildman–Crippen LogP) is 1.01. The lowest BCUT2D eigenvalue weighted by Crippen LogP contribution is -2.41. The number of anilines is 1. The van der Waals surface area contributed by atoms with E-state index in [9.17, 15) is 4.79 Å². The minimum Gasteiger partial charge on any atom is -0.382 e. The summed E-state index contributed by atoms with van der Waals surface area (Å²) in [5, 5.41) is 6.88. The molecule has 0 unspecified atom stereocenters. The highest BCUT2D eigenvalue weighted by molar-refractivity contribution is 5.93. The van der Waals surface area contributed by atoms with E-state index in [2.05, 4.69) is 10.4 Å². The molecule has 0 bridgehead atoms. The standard InChI is InChI=1S/C10H18N4O/c1-5-14-7(6-8(11)13-14)9(15)12-10(2,3)4/h6H,5H2,1-4H3,(H2,11,13)(H,12,15). The second-order valence-corrected chi connectivity index (χ2v) is 4.47. The van der Waals surface area contributed by atoms with Crippen LogP contribution in [0.15, 0.2) is 6.07 Å². The van der Waals surface area contributed by atoms with E-state index >= 15 is 0 Å². The Morgan fingerprint density at radius 3 is 2.67 bits per heavy atom. The molecule has 1 amide bonds. The molecule has 0 atom stereocenters. The van der Waals surface area contributed by atoms with Crippen LogP contribution in [0.4, 0.5) is 5.82 Å². The predicted molar refractivity (Wildman–Crippen MR) is 59.5 cm³/mol. The molecule has 1 heterocycles. The Hall–Kier alpha value is -1.52. The summed E-state index contributed by atoms with van der Waals surface area (Å²) in [7, 11) is 0. The van der Waals surface area contributed by atoms with Crippen LogP contribution >= 0.6 is 0 Å². The topological polar surface area (TPSA) is 72.9 Å². The second kappa shape index (κ2) is 3.92. The average Bonchev–Trinajstić information content (AvgIpc) is 2.43. The lowest BCUT2D eigenvalue weighted by molar-refractivity contribution is 0.0908. The first-order chi connectivity index (χ1) is 6.83. The van der Waals surface area contributed by atoms with Crippen LogP contribution in [-0.4, -0.2) is 21.2 Å². The molecule has 5 nitrogen and oxygen atoms in total. The molecule has 1 aromatic rings. The molecule has 0 aromatic carbocycles. The molecular weight excluding hydrogens is 192 g/mol. The zero-order valence-electron chi connectivity index (χ0n) is 9.66. The van der Waals surface area contributed by atoms with Crippen LogP contribution in [-0.2, 0) is 6.54 Å². The fourth-order valence-corrected chi connectivity index (χ4v) is 1.27. The van der Waals surface area contributed by atoms with Crippen LogP contribution in [0, 0.1) is 0 Å². The highest BCUT2D eigenvalue weighted by Crippen LogP contribution is 2.08. The molecule has 0 aliphatic heterocycles. The van der Waals surface area contributed by atoms with Gasteiger partial charge in [0.2, 0.25) is 0 Å². The summed E-state index contributed by atoms with van der Waals surface area (Å²) in [5.74, 6) is 0.226. The Labute approximate surface area is 89.6 Å². The van der Waals surface area contributed by atoms with Crippen LogP contribution in [0.3, 0.4) is 0 Å². The minimum absolute atomic E-state index is 0.145. The molecule has 0 aliphatic rings. The average molecular weight is 210 g/mol. The molecule has 3 N–H and O–H groups in total. The first-order valence-corrected chi connectivity index (χ1v) is 4.99. The summed E-state index contributed by atoms with van der Waals surface area (Å²) in [4.78, 5) is 11.8.